The topological polar surface area (TPSA) is 76.5 Å². The number of ether oxygens (including phenoxy) is 1. The molecule has 1 N–H and O–H groups in total. The molecule has 166 valence electrons. The first-order valence-electron chi connectivity index (χ1n) is 10.7. The third-order valence-corrected chi connectivity index (χ3v) is 5.40. The highest BCUT2D eigenvalue weighted by Gasteiger charge is 2.27. The molecule has 8 heteroatoms. The summed E-state index contributed by atoms with van der Waals surface area (Å²) in [6, 6.07) is 16.2. The summed E-state index contributed by atoms with van der Waals surface area (Å²) >= 11 is 0. The predicted molar refractivity (Wildman–Crippen MR) is 121 cm³/mol. The normalized spacial score (nSPS) is 15.9. The van der Waals surface area contributed by atoms with Crippen molar-refractivity contribution < 1.29 is 13.9 Å². The highest BCUT2D eigenvalue weighted by molar-refractivity contribution is 5.94. The number of benzene rings is 2. The van der Waals surface area contributed by atoms with Gasteiger partial charge in [0.1, 0.15) is 17.4 Å². The van der Waals surface area contributed by atoms with Gasteiger partial charge >= 0.3 is 0 Å². The molecule has 2 heterocycles. The molecule has 0 spiro atoms. The number of halogens is 1. The van der Waals surface area contributed by atoms with Crippen LogP contribution in [-0.2, 0) is 4.79 Å². The number of nitrogens with zero attached hydrogens (tertiary/aromatic N) is 3. The van der Waals surface area contributed by atoms with E-state index in [2.05, 4.69) is 10.4 Å². The number of hydrogen-bond acceptors (Lipinski definition) is 5. The average Bonchev–Trinajstić information content (AvgIpc) is 2.81. The minimum Gasteiger partial charge on any atom is -0.492 e. The molecule has 0 saturated carbocycles. The van der Waals surface area contributed by atoms with Gasteiger partial charge in [0.15, 0.2) is 0 Å². The van der Waals surface area contributed by atoms with Crippen LogP contribution < -0.4 is 20.5 Å². The van der Waals surface area contributed by atoms with E-state index in [0.717, 1.165) is 12.8 Å². The van der Waals surface area contributed by atoms with Crippen molar-refractivity contribution in [2.45, 2.75) is 19.8 Å². The first-order valence-corrected chi connectivity index (χ1v) is 10.7. The van der Waals surface area contributed by atoms with Gasteiger partial charge in [0, 0.05) is 19.2 Å². The molecule has 3 aromatic rings. The van der Waals surface area contributed by atoms with Crippen molar-refractivity contribution >= 4 is 17.4 Å². The highest BCUT2D eigenvalue weighted by Crippen LogP contribution is 2.27. The Morgan fingerprint density at radius 3 is 2.84 bits per heavy atom. The maximum Gasteiger partial charge on any atom is 0.271 e. The molecular formula is C24H25FN4O3. The Hall–Kier alpha value is -3.68. The molecule has 1 aliphatic heterocycles. The molecule has 1 fully saturated rings. The molecule has 7 nitrogen and oxygen atoms in total. The number of piperidine rings is 1. The summed E-state index contributed by atoms with van der Waals surface area (Å²) in [5.41, 5.74) is 0.656. The minimum absolute atomic E-state index is 0.0831. The lowest BCUT2D eigenvalue weighted by molar-refractivity contribution is -0.120. The van der Waals surface area contributed by atoms with Gasteiger partial charge in [-0.3, -0.25) is 9.59 Å². The molecule has 4 rings (SSSR count). The zero-order valence-corrected chi connectivity index (χ0v) is 17.8. The van der Waals surface area contributed by atoms with Gasteiger partial charge in [-0.15, -0.1) is 5.10 Å². The third kappa shape index (κ3) is 4.80. The largest absolute Gasteiger partial charge is 0.492 e. The van der Waals surface area contributed by atoms with Gasteiger partial charge in [-0.2, -0.15) is 4.68 Å². The van der Waals surface area contributed by atoms with Crippen LogP contribution in [-0.4, -0.2) is 35.4 Å². The summed E-state index contributed by atoms with van der Waals surface area (Å²) in [6.45, 7) is 3.59. The Kier molecular flexibility index (Phi) is 6.49. The van der Waals surface area contributed by atoms with E-state index in [0.29, 0.717) is 42.6 Å². The summed E-state index contributed by atoms with van der Waals surface area (Å²) in [6.07, 6.45) is 1.56. The van der Waals surface area contributed by atoms with Crippen molar-refractivity contribution in [3.63, 3.8) is 0 Å². The van der Waals surface area contributed by atoms with Crippen LogP contribution in [0.4, 0.5) is 15.9 Å². The van der Waals surface area contributed by atoms with Gasteiger partial charge in [-0.25, -0.2) is 4.39 Å². The Morgan fingerprint density at radius 2 is 2.03 bits per heavy atom. The number of hydrogen-bond donors (Lipinski definition) is 1. The maximum atomic E-state index is 13.6. The third-order valence-electron chi connectivity index (χ3n) is 5.40. The summed E-state index contributed by atoms with van der Waals surface area (Å²) in [7, 11) is 0. The van der Waals surface area contributed by atoms with Crippen LogP contribution in [0.2, 0.25) is 0 Å². The Bertz CT molecular complexity index is 1160. The van der Waals surface area contributed by atoms with Crippen LogP contribution in [0.25, 0.3) is 5.69 Å². The summed E-state index contributed by atoms with van der Waals surface area (Å²) in [4.78, 5) is 27.3. The second kappa shape index (κ2) is 9.64. The predicted octanol–water partition coefficient (Wildman–Crippen LogP) is 3.63. The lowest BCUT2D eigenvalue weighted by Gasteiger charge is -2.33. The fraction of sp³-hybridized carbons (Fsp3) is 0.292. The van der Waals surface area contributed by atoms with Gasteiger partial charge in [0.2, 0.25) is 5.91 Å². The van der Waals surface area contributed by atoms with E-state index in [9.17, 15) is 14.0 Å². The Morgan fingerprint density at radius 1 is 1.19 bits per heavy atom. The first kappa shape index (κ1) is 21.5. The van der Waals surface area contributed by atoms with Crippen LogP contribution in [0.3, 0.4) is 0 Å². The number of amides is 1. The molecule has 1 amide bonds. The SMILES string of the molecule is CCOc1ccccc1NC(=O)C1CCCN(c2ccc(=O)n(-c3cccc(F)c3)n2)C1. The van der Waals surface area contributed by atoms with Crippen LogP contribution in [0.5, 0.6) is 5.75 Å². The average molecular weight is 436 g/mol. The van der Waals surface area contributed by atoms with E-state index >= 15 is 0 Å². The van der Waals surface area contributed by atoms with E-state index in [1.807, 2.05) is 36.1 Å². The van der Waals surface area contributed by atoms with E-state index in [4.69, 9.17) is 4.74 Å². The highest BCUT2D eigenvalue weighted by atomic mass is 19.1. The number of aromatic nitrogens is 2. The van der Waals surface area contributed by atoms with Crippen molar-refractivity contribution in [3.8, 4) is 11.4 Å². The number of rotatable bonds is 6. The van der Waals surface area contributed by atoms with E-state index in [1.54, 1.807) is 12.1 Å². The fourth-order valence-electron chi connectivity index (χ4n) is 3.85. The second-order valence-electron chi connectivity index (χ2n) is 7.63. The summed E-state index contributed by atoms with van der Waals surface area (Å²) in [5, 5.41) is 7.42. The summed E-state index contributed by atoms with van der Waals surface area (Å²) < 4.78 is 20.4. The molecule has 2 aromatic carbocycles. The van der Waals surface area contributed by atoms with Crippen molar-refractivity contribution in [2.75, 3.05) is 29.9 Å². The lowest BCUT2D eigenvalue weighted by atomic mass is 9.97. The van der Waals surface area contributed by atoms with E-state index in [1.165, 1.54) is 28.9 Å². The fourth-order valence-corrected chi connectivity index (χ4v) is 3.85. The van der Waals surface area contributed by atoms with Crippen molar-refractivity contribution in [2.24, 2.45) is 5.92 Å². The number of anilines is 2. The standard InChI is InChI=1S/C24H25FN4O3/c1-2-32-21-11-4-3-10-20(21)26-24(31)17-7-6-14-28(16-17)22-12-13-23(30)29(27-22)19-9-5-8-18(25)15-19/h3-5,8-13,15,17H,2,6-7,14,16H2,1H3,(H,26,31). The zero-order valence-electron chi connectivity index (χ0n) is 17.8. The second-order valence-corrected chi connectivity index (χ2v) is 7.63. The van der Waals surface area contributed by atoms with Gasteiger partial charge < -0.3 is 15.0 Å². The maximum absolute atomic E-state index is 13.6. The Labute approximate surface area is 185 Å². The molecule has 1 saturated heterocycles. The monoisotopic (exact) mass is 436 g/mol. The van der Waals surface area contributed by atoms with Crippen molar-refractivity contribution in [1.29, 1.82) is 0 Å². The van der Waals surface area contributed by atoms with Crippen LogP contribution >= 0.6 is 0 Å². The molecule has 1 unspecified atom stereocenters. The van der Waals surface area contributed by atoms with E-state index < -0.39 is 5.82 Å². The van der Waals surface area contributed by atoms with Gasteiger partial charge in [0.25, 0.3) is 5.56 Å². The van der Waals surface area contributed by atoms with Gasteiger partial charge in [0.05, 0.1) is 23.9 Å². The molecule has 1 aromatic heterocycles. The minimum atomic E-state index is -0.441. The van der Waals surface area contributed by atoms with Crippen LogP contribution in [0.15, 0.2) is 65.5 Å². The van der Waals surface area contributed by atoms with Crippen LogP contribution in [0, 0.1) is 11.7 Å². The van der Waals surface area contributed by atoms with Crippen molar-refractivity contribution in [1.82, 2.24) is 9.78 Å². The molecule has 0 aliphatic carbocycles. The summed E-state index contributed by atoms with van der Waals surface area (Å²) in [5.74, 6) is 0.444. The molecule has 1 atom stereocenters. The number of nitrogens with one attached hydrogen (secondary N) is 1. The van der Waals surface area contributed by atoms with Gasteiger partial charge in [-0.05, 0) is 56.2 Å². The molecule has 0 radical (unpaired) electrons. The number of carbonyl (C=O) groups is 1. The molecule has 1 aliphatic rings. The van der Waals surface area contributed by atoms with Crippen LogP contribution in [0.1, 0.15) is 19.8 Å². The number of para-hydroxylation sites is 2. The zero-order chi connectivity index (χ0) is 22.5. The quantitative estimate of drug-likeness (QED) is 0.639. The molecule has 0 bridgehead atoms. The molecular weight excluding hydrogens is 411 g/mol. The van der Waals surface area contributed by atoms with Crippen molar-refractivity contribution in [3.05, 3.63) is 76.8 Å². The lowest BCUT2D eigenvalue weighted by Crippen LogP contribution is -2.41. The smallest absolute Gasteiger partial charge is 0.271 e. The van der Waals surface area contributed by atoms with Gasteiger partial charge in [-0.1, -0.05) is 18.2 Å². The van der Waals surface area contributed by atoms with E-state index in [-0.39, 0.29) is 17.4 Å². The first-order chi connectivity index (χ1) is 15.5. The number of carbonyl (C=O) groups excluding carboxylic acids is 1. The molecule has 32 heavy (non-hydrogen) atoms. The Balaban J connectivity index is 1.51.